The molecule has 1 saturated heterocycles. The molecule has 2 rings (SSSR count). The van der Waals surface area contributed by atoms with Gasteiger partial charge in [0.05, 0.1) is 0 Å². The lowest BCUT2D eigenvalue weighted by Crippen LogP contribution is -2.44. The Kier molecular flexibility index (Phi) is 5.06. The van der Waals surface area contributed by atoms with E-state index in [4.69, 9.17) is 4.52 Å². The van der Waals surface area contributed by atoms with E-state index in [-0.39, 0.29) is 10.9 Å². The standard InChI is InChI=1S/C14H25N3O3S/c1-10(2)17(9-13-6-5-7-15-8-13)21(18,19)14-11(3)16-20-12(14)4/h10,13,15H,5-9H2,1-4H3. The van der Waals surface area contributed by atoms with Crippen LogP contribution in [0.5, 0.6) is 0 Å². The van der Waals surface area contributed by atoms with Crippen LogP contribution in [-0.2, 0) is 10.0 Å². The van der Waals surface area contributed by atoms with Crippen molar-refractivity contribution < 1.29 is 12.9 Å². The second-order valence-corrected chi connectivity index (χ2v) is 7.86. The third kappa shape index (κ3) is 3.46. The van der Waals surface area contributed by atoms with Gasteiger partial charge in [-0.2, -0.15) is 4.31 Å². The van der Waals surface area contributed by atoms with Crippen molar-refractivity contribution in [3.05, 3.63) is 11.5 Å². The predicted octanol–water partition coefficient (Wildman–Crippen LogP) is 1.69. The predicted molar refractivity (Wildman–Crippen MR) is 80.6 cm³/mol. The zero-order valence-corrected chi connectivity index (χ0v) is 14.0. The monoisotopic (exact) mass is 315 g/mol. The lowest BCUT2D eigenvalue weighted by molar-refractivity contribution is 0.263. The summed E-state index contributed by atoms with van der Waals surface area (Å²) >= 11 is 0. The second-order valence-electron chi connectivity index (χ2n) is 6.03. The molecule has 1 atom stereocenters. The molecule has 6 nitrogen and oxygen atoms in total. The molecule has 7 heteroatoms. The van der Waals surface area contributed by atoms with Gasteiger partial charge in [-0.25, -0.2) is 8.42 Å². The molecule has 1 aromatic heterocycles. The summed E-state index contributed by atoms with van der Waals surface area (Å²) in [4.78, 5) is 0.222. The van der Waals surface area contributed by atoms with Gasteiger partial charge in [-0.3, -0.25) is 0 Å². The Balaban J connectivity index is 2.28. The van der Waals surface area contributed by atoms with Gasteiger partial charge >= 0.3 is 0 Å². The fourth-order valence-electron chi connectivity index (χ4n) is 2.88. The van der Waals surface area contributed by atoms with Gasteiger partial charge in [0, 0.05) is 12.6 Å². The summed E-state index contributed by atoms with van der Waals surface area (Å²) in [5.74, 6) is 0.719. The Hall–Kier alpha value is -0.920. The Morgan fingerprint density at radius 3 is 2.62 bits per heavy atom. The van der Waals surface area contributed by atoms with Gasteiger partial charge in [-0.15, -0.1) is 0 Å². The van der Waals surface area contributed by atoms with Crippen molar-refractivity contribution in [2.24, 2.45) is 5.92 Å². The molecule has 120 valence electrons. The van der Waals surface area contributed by atoms with Crippen molar-refractivity contribution in [1.29, 1.82) is 0 Å². The molecule has 1 aliphatic rings. The van der Waals surface area contributed by atoms with E-state index in [1.165, 1.54) is 0 Å². The molecular formula is C14H25N3O3S. The molecule has 1 N–H and O–H groups in total. The first-order valence-electron chi connectivity index (χ1n) is 7.49. The molecule has 21 heavy (non-hydrogen) atoms. The Morgan fingerprint density at radius 1 is 1.43 bits per heavy atom. The van der Waals surface area contributed by atoms with Crippen molar-refractivity contribution in [3.63, 3.8) is 0 Å². The summed E-state index contributed by atoms with van der Waals surface area (Å²) in [5, 5.41) is 7.11. The van der Waals surface area contributed by atoms with Crippen LogP contribution < -0.4 is 5.32 Å². The number of aromatic nitrogens is 1. The molecular weight excluding hydrogens is 290 g/mol. The second kappa shape index (κ2) is 6.46. The van der Waals surface area contributed by atoms with E-state index in [1.807, 2.05) is 13.8 Å². The fourth-order valence-corrected chi connectivity index (χ4v) is 4.89. The van der Waals surface area contributed by atoms with E-state index in [0.29, 0.717) is 23.9 Å². The SMILES string of the molecule is Cc1noc(C)c1S(=O)(=O)N(CC1CCCNC1)C(C)C. The Labute approximate surface area is 126 Å². The first-order chi connectivity index (χ1) is 9.84. The van der Waals surface area contributed by atoms with Gasteiger partial charge in [0.1, 0.15) is 10.6 Å². The maximum absolute atomic E-state index is 13.0. The summed E-state index contributed by atoms with van der Waals surface area (Å²) in [6.45, 7) is 9.57. The number of nitrogens with zero attached hydrogens (tertiary/aromatic N) is 2. The van der Waals surface area contributed by atoms with Crippen molar-refractivity contribution in [1.82, 2.24) is 14.8 Å². The average molecular weight is 315 g/mol. The highest BCUT2D eigenvalue weighted by molar-refractivity contribution is 7.89. The number of nitrogens with one attached hydrogen (secondary N) is 1. The first-order valence-corrected chi connectivity index (χ1v) is 8.93. The molecule has 0 saturated carbocycles. The molecule has 1 aromatic rings. The molecule has 2 heterocycles. The van der Waals surface area contributed by atoms with Crippen molar-refractivity contribution in [2.75, 3.05) is 19.6 Å². The van der Waals surface area contributed by atoms with Crippen LogP contribution in [0.1, 0.15) is 38.1 Å². The Bertz CT molecular complexity index is 555. The van der Waals surface area contributed by atoms with Gasteiger partial charge in [-0.1, -0.05) is 5.16 Å². The summed E-state index contributed by atoms with van der Waals surface area (Å²) in [6, 6.07) is -0.0920. The van der Waals surface area contributed by atoms with Gasteiger partial charge < -0.3 is 9.84 Å². The zero-order valence-electron chi connectivity index (χ0n) is 13.2. The number of piperidine rings is 1. The summed E-state index contributed by atoms with van der Waals surface area (Å²) < 4.78 is 32.5. The van der Waals surface area contributed by atoms with Crippen LogP contribution in [0.4, 0.5) is 0 Å². The molecule has 0 bridgehead atoms. The van der Waals surface area contributed by atoms with E-state index in [0.717, 1.165) is 25.9 Å². The van der Waals surface area contributed by atoms with Gasteiger partial charge in [-0.05, 0) is 59.5 Å². The minimum Gasteiger partial charge on any atom is -0.360 e. The van der Waals surface area contributed by atoms with Crippen molar-refractivity contribution >= 4 is 10.0 Å². The van der Waals surface area contributed by atoms with E-state index in [9.17, 15) is 8.42 Å². The van der Waals surface area contributed by atoms with Crippen LogP contribution in [0, 0.1) is 19.8 Å². The van der Waals surface area contributed by atoms with Crippen LogP contribution in [0.15, 0.2) is 9.42 Å². The highest BCUT2D eigenvalue weighted by Crippen LogP contribution is 2.26. The van der Waals surface area contributed by atoms with Crippen molar-refractivity contribution in [3.8, 4) is 0 Å². The van der Waals surface area contributed by atoms with Crippen LogP contribution in [0.3, 0.4) is 0 Å². The molecule has 0 aliphatic carbocycles. The molecule has 0 radical (unpaired) electrons. The first kappa shape index (κ1) is 16.5. The van der Waals surface area contributed by atoms with E-state index in [2.05, 4.69) is 10.5 Å². The number of sulfonamides is 1. The Morgan fingerprint density at radius 2 is 2.14 bits per heavy atom. The normalized spacial score (nSPS) is 20.4. The van der Waals surface area contributed by atoms with Crippen LogP contribution in [0.2, 0.25) is 0 Å². The highest BCUT2D eigenvalue weighted by atomic mass is 32.2. The molecule has 0 spiro atoms. The highest BCUT2D eigenvalue weighted by Gasteiger charge is 2.34. The number of hydrogen-bond acceptors (Lipinski definition) is 5. The van der Waals surface area contributed by atoms with Gasteiger partial charge in [0.2, 0.25) is 10.0 Å². The summed E-state index contributed by atoms with van der Waals surface area (Å²) in [6.07, 6.45) is 2.16. The molecule has 0 amide bonds. The van der Waals surface area contributed by atoms with Crippen LogP contribution >= 0.6 is 0 Å². The summed E-state index contributed by atoms with van der Waals surface area (Å²) in [7, 11) is -3.57. The largest absolute Gasteiger partial charge is 0.360 e. The third-order valence-electron chi connectivity index (χ3n) is 3.95. The van der Waals surface area contributed by atoms with Gasteiger partial charge in [0.25, 0.3) is 0 Å². The fraction of sp³-hybridized carbons (Fsp3) is 0.786. The van der Waals surface area contributed by atoms with E-state index in [1.54, 1.807) is 18.2 Å². The topological polar surface area (TPSA) is 75.4 Å². The number of rotatable bonds is 5. The van der Waals surface area contributed by atoms with Gasteiger partial charge in [0.15, 0.2) is 5.76 Å². The van der Waals surface area contributed by atoms with E-state index >= 15 is 0 Å². The summed E-state index contributed by atoms with van der Waals surface area (Å²) in [5.41, 5.74) is 0.430. The smallest absolute Gasteiger partial charge is 0.248 e. The molecule has 1 unspecified atom stereocenters. The molecule has 1 fully saturated rings. The van der Waals surface area contributed by atoms with E-state index < -0.39 is 10.0 Å². The van der Waals surface area contributed by atoms with Crippen LogP contribution in [0.25, 0.3) is 0 Å². The zero-order chi connectivity index (χ0) is 15.6. The maximum Gasteiger partial charge on any atom is 0.248 e. The van der Waals surface area contributed by atoms with Crippen molar-refractivity contribution in [2.45, 2.75) is 51.5 Å². The lowest BCUT2D eigenvalue weighted by atomic mass is 9.99. The molecule has 1 aliphatic heterocycles. The number of hydrogen-bond donors (Lipinski definition) is 1. The minimum atomic E-state index is -3.57. The lowest BCUT2D eigenvalue weighted by Gasteiger charge is -2.31. The van der Waals surface area contributed by atoms with Crippen LogP contribution in [-0.4, -0.2) is 43.6 Å². The molecule has 0 aromatic carbocycles. The average Bonchev–Trinajstić information content (AvgIpc) is 2.76. The maximum atomic E-state index is 13.0. The quantitative estimate of drug-likeness (QED) is 0.895. The third-order valence-corrected chi connectivity index (χ3v) is 6.23. The minimum absolute atomic E-state index is 0.0920. The number of aryl methyl sites for hydroxylation is 2.